The molecule has 1 aliphatic heterocycles. The van der Waals surface area contributed by atoms with E-state index in [-0.39, 0.29) is 10.6 Å². The predicted molar refractivity (Wildman–Crippen MR) is 76.5 cm³/mol. The summed E-state index contributed by atoms with van der Waals surface area (Å²) in [5.41, 5.74) is 6.91. The SMILES string of the molecule is CN(C)C1CCN(c2ccc(S(N)(=O)=O)c(N)c2)C1. The van der Waals surface area contributed by atoms with E-state index in [0.29, 0.717) is 6.04 Å². The van der Waals surface area contributed by atoms with Crippen LogP contribution < -0.4 is 15.8 Å². The molecule has 0 radical (unpaired) electrons. The van der Waals surface area contributed by atoms with Gasteiger partial charge in [0, 0.05) is 24.8 Å². The molecule has 1 aliphatic rings. The van der Waals surface area contributed by atoms with E-state index in [9.17, 15) is 8.42 Å². The van der Waals surface area contributed by atoms with Gasteiger partial charge in [-0.15, -0.1) is 0 Å². The van der Waals surface area contributed by atoms with Crippen molar-refractivity contribution in [3.05, 3.63) is 18.2 Å². The maximum absolute atomic E-state index is 11.3. The lowest BCUT2D eigenvalue weighted by atomic mass is 10.2. The van der Waals surface area contributed by atoms with E-state index in [2.05, 4.69) is 23.9 Å². The van der Waals surface area contributed by atoms with E-state index in [1.807, 2.05) is 0 Å². The van der Waals surface area contributed by atoms with Gasteiger partial charge in [-0.3, -0.25) is 0 Å². The maximum Gasteiger partial charge on any atom is 0.240 e. The zero-order valence-electron chi connectivity index (χ0n) is 11.2. The Morgan fingerprint density at radius 2 is 2.05 bits per heavy atom. The fourth-order valence-corrected chi connectivity index (χ4v) is 3.03. The number of rotatable bonds is 3. The molecular weight excluding hydrogens is 264 g/mol. The second kappa shape index (κ2) is 4.99. The van der Waals surface area contributed by atoms with Crippen LogP contribution in [0.15, 0.2) is 23.1 Å². The van der Waals surface area contributed by atoms with E-state index in [1.165, 1.54) is 6.07 Å². The van der Waals surface area contributed by atoms with Crippen molar-refractivity contribution in [2.75, 3.05) is 37.8 Å². The summed E-state index contributed by atoms with van der Waals surface area (Å²) in [6.45, 7) is 1.86. The number of nitrogen functional groups attached to an aromatic ring is 1. The van der Waals surface area contributed by atoms with Crippen molar-refractivity contribution in [3.8, 4) is 0 Å². The number of nitrogens with two attached hydrogens (primary N) is 2. The van der Waals surface area contributed by atoms with Crippen molar-refractivity contribution < 1.29 is 8.42 Å². The Balaban J connectivity index is 2.22. The lowest BCUT2D eigenvalue weighted by Crippen LogP contribution is -2.31. The van der Waals surface area contributed by atoms with Gasteiger partial charge in [-0.2, -0.15) is 0 Å². The van der Waals surface area contributed by atoms with Crippen molar-refractivity contribution in [2.45, 2.75) is 17.4 Å². The van der Waals surface area contributed by atoms with Gasteiger partial charge in [0.05, 0.1) is 5.69 Å². The average molecular weight is 284 g/mol. The first kappa shape index (κ1) is 14.1. The summed E-state index contributed by atoms with van der Waals surface area (Å²) >= 11 is 0. The minimum Gasteiger partial charge on any atom is -0.398 e. The molecular formula is C12H20N4O2S. The third kappa shape index (κ3) is 2.99. The highest BCUT2D eigenvalue weighted by Gasteiger charge is 2.24. The topological polar surface area (TPSA) is 92.7 Å². The minimum absolute atomic E-state index is 0.0143. The highest BCUT2D eigenvalue weighted by atomic mass is 32.2. The van der Waals surface area contributed by atoms with Crippen LogP contribution in [0.2, 0.25) is 0 Å². The summed E-state index contributed by atoms with van der Waals surface area (Å²) < 4.78 is 22.6. The molecule has 6 nitrogen and oxygen atoms in total. The molecule has 1 aromatic carbocycles. The van der Waals surface area contributed by atoms with Crippen LogP contribution in [0.5, 0.6) is 0 Å². The van der Waals surface area contributed by atoms with Crippen molar-refractivity contribution in [2.24, 2.45) is 5.14 Å². The highest BCUT2D eigenvalue weighted by Crippen LogP contribution is 2.27. The number of hydrogen-bond donors (Lipinski definition) is 2. The molecule has 0 bridgehead atoms. The molecule has 4 N–H and O–H groups in total. The predicted octanol–water partition coefficient (Wildman–Crippen LogP) is 0.0565. The molecule has 0 aromatic heterocycles. The van der Waals surface area contributed by atoms with E-state index in [4.69, 9.17) is 10.9 Å². The first-order valence-electron chi connectivity index (χ1n) is 6.13. The van der Waals surface area contributed by atoms with Crippen LogP contribution in [0.25, 0.3) is 0 Å². The van der Waals surface area contributed by atoms with Gasteiger partial charge in [-0.25, -0.2) is 13.6 Å². The van der Waals surface area contributed by atoms with Crippen LogP contribution in [0.3, 0.4) is 0 Å². The van der Waals surface area contributed by atoms with Crippen LogP contribution in [0.1, 0.15) is 6.42 Å². The monoisotopic (exact) mass is 284 g/mol. The number of benzene rings is 1. The molecule has 7 heteroatoms. The largest absolute Gasteiger partial charge is 0.398 e. The van der Waals surface area contributed by atoms with Crippen molar-refractivity contribution in [1.82, 2.24) is 4.90 Å². The van der Waals surface area contributed by atoms with Gasteiger partial charge in [0.1, 0.15) is 4.90 Å². The molecule has 1 aromatic rings. The number of primary sulfonamides is 1. The molecule has 2 rings (SSSR count). The van der Waals surface area contributed by atoms with Crippen LogP contribution >= 0.6 is 0 Å². The van der Waals surface area contributed by atoms with E-state index < -0.39 is 10.0 Å². The number of nitrogens with zero attached hydrogens (tertiary/aromatic N) is 2. The first-order chi connectivity index (χ1) is 8.79. The van der Waals surface area contributed by atoms with Gasteiger partial charge in [-0.05, 0) is 38.7 Å². The summed E-state index contributed by atoms with van der Waals surface area (Å²) in [4.78, 5) is 4.38. The van der Waals surface area contributed by atoms with Crippen molar-refractivity contribution in [1.29, 1.82) is 0 Å². The minimum atomic E-state index is -3.75. The van der Waals surface area contributed by atoms with Crippen LogP contribution in [-0.4, -0.2) is 46.5 Å². The van der Waals surface area contributed by atoms with Gasteiger partial charge in [0.2, 0.25) is 10.0 Å². The molecule has 1 saturated heterocycles. The van der Waals surface area contributed by atoms with Gasteiger partial charge < -0.3 is 15.5 Å². The van der Waals surface area contributed by atoms with Crippen LogP contribution in [0.4, 0.5) is 11.4 Å². The van der Waals surface area contributed by atoms with Gasteiger partial charge in [-0.1, -0.05) is 0 Å². The Bertz CT molecular complexity index is 571. The molecule has 0 saturated carbocycles. The summed E-state index contributed by atoms with van der Waals surface area (Å²) in [5.74, 6) is 0. The molecule has 1 heterocycles. The molecule has 1 fully saturated rings. The van der Waals surface area contributed by atoms with Gasteiger partial charge in [0.25, 0.3) is 0 Å². The Morgan fingerprint density at radius 3 is 2.53 bits per heavy atom. The van der Waals surface area contributed by atoms with Crippen molar-refractivity contribution >= 4 is 21.4 Å². The van der Waals surface area contributed by atoms with Crippen LogP contribution in [0, 0.1) is 0 Å². The van der Waals surface area contributed by atoms with E-state index in [1.54, 1.807) is 12.1 Å². The first-order valence-corrected chi connectivity index (χ1v) is 7.67. The normalized spacial score (nSPS) is 20.2. The Morgan fingerprint density at radius 1 is 1.37 bits per heavy atom. The molecule has 19 heavy (non-hydrogen) atoms. The Kier molecular flexibility index (Phi) is 3.71. The lowest BCUT2D eigenvalue weighted by Gasteiger charge is -2.22. The third-order valence-electron chi connectivity index (χ3n) is 3.56. The Hall–Kier alpha value is -1.31. The summed E-state index contributed by atoms with van der Waals surface area (Å²) in [6, 6.07) is 5.42. The quantitative estimate of drug-likeness (QED) is 0.766. The fraction of sp³-hybridized carbons (Fsp3) is 0.500. The van der Waals surface area contributed by atoms with Gasteiger partial charge >= 0.3 is 0 Å². The number of anilines is 2. The lowest BCUT2D eigenvalue weighted by molar-refractivity contribution is 0.315. The highest BCUT2D eigenvalue weighted by molar-refractivity contribution is 7.89. The molecule has 0 aliphatic carbocycles. The molecule has 1 atom stereocenters. The Labute approximate surface area is 114 Å². The molecule has 106 valence electrons. The average Bonchev–Trinajstić information content (AvgIpc) is 2.76. The summed E-state index contributed by atoms with van der Waals surface area (Å²) in [5, 5.41) is 5.09. The van der Waals surface area contributed by atoms with Crippen molar-refractivity contribution in [3.63, 3.8) is 0 Å². The fourth-order valence-electron chi connectivity index (χ4n) is 2.39. The zero-order valence-corrected chi connectivity index (χ0v) is 12.0. The second-order valence-electron chi connectivity index (χ2n) is 5.12. The maximum atomic E-state index is 11.3. The number of hydrogen-bond acceptors (Lipinski definition) is 5. The summed E-state index contributed by atoms with van der Waals surface area (Å²) in [7, 11) is 0.375. The standard InChI is InChI=1S/C12H20N4O2S/c1-15(2)10-5-6-16(8-10)9-3-4-12(11(13)7-9)19(14,17)18/h3-4,7,10H,5-6,8,13H2,1-2H3,(H2,14,17,18). The molecule has 1 unspecified atom stereocenters. The molecule has 0 amide bonds. The second-order valence-corrected chi connectivity index (χ2v) is 6.65. The molecule has 0 spiro atoms. The zero-order chi connectivity index (χ0) is 14.2. The number of sulfonamides is 1. The smallest absolute Gasteiger partial charge is 0.240 e. The van der Waals surface area contributed by atoms with E-state index in [0.717, 1.165) is 25.2 Å². The number of likely N-dealkylation sites (N-methyl/N-ethyl adjacent to an activating group) is 1. The summed E-state index contributed by atoms with van der Waals surface area (Å²) in [6.07, 6.45) is 1.09. The third-order valence-corrected chi connectivity index (χ3v) is 4.54. The van der Waals surface area contributed by atoms with E-state index >= 15 is 0 Å². The van der Waals surface area contributed by atoms with Gasteiger partial charge in [0.15, 0.2) is 0 Å². The van der Waals surface area contributed by atoms with Crippen LogP contribution in [-0.2, 0) is 10.0 Å².